The van der Waals surface area contributed by atoms with Crippen molar-refractivity contribution in [3.63, 3.8) is 0 Å². The first-order chi connectivity index (χ1) is 17.9. The van der Waals surface area contributed by atoms with Crippen molar-refractivity contribution < 1.29 is 28.6 Å². The molecule has 196 valence electrons. The number of carboxylic acids is 1. The second-order valence-electron chi connectivity index (χ2n) is 9.94. The van der Waals surface area contributed by atoms with Gasteiger partial charge in [-0.25, -0.2) is 14.2 Å². The number of aromatic nitrogens is 2. The molecular weight excluding hydrogens is 477 g/mol. The molecule has 2 aliphatic rings. The number of carbonyl (C=O) groups is 2. The standard InChI is InChI=1S/C28H32FN3O5/c1-36-21-13-19(12-20(29)14-21)23(27(33)34)16-32-24-9-8-17-10-11-31(28(35)37-2)15-22(17)25(24)30-26(32)18-6-4-3-5-7-18/h8-9,12-14,18,23H,3-7,10-11,15-16H2,1-2H3,(H,33,34)/t23-/m1/s1. The van der Waals surface area contributed by atoms with Gasteiger partial charge in [-0.2, -0.15) is 0 Å². The van der Waals surface area contributed by atoms with E-state index < -0.39 is 17.7 Å². The molecule has 1 saturated carbocycles. The second kappa shape index (κ2) is 10.4. The van der Waals surface area contributed by atoms with Gasteiger partial charge in [0.15, 0.2) is 0 Å². The van der Waals surface area contributed by atoms with Crippen LogP contribution in [0.5, 0.6) is 5.75 Å². The largest absolute Gasteiger partial charge is 0.497 e. The minimum atomic E-state index is -1.04. The number of benzene rings is 2. The SMILES string of the molecule is COC(=O)N1CCc2ccc3c(nc(C4CCCCC4)n3C[C@@H](C(=O)O)c3cc(F)cc(OC)c3)c2C1. The topological polar surface area (TPSA) is 93.9 Å². The first-order valence-electron chi connectivity index (χ1n) is 12.8. The van der Waals surface area contributed by atoms with Crippen LogP contribution in [0.2, 0.25) is 0 Å². The molecule has 1 amide bonds. The summed E-state index contributed by atoms with van der Waals surface area (Å²) < 4.78 is 26.5. The van der Waals surface area contributed by atoms with Crippen molar-refractivity contribution >= 4 is 23.1 Å². The number of nitrogens with zero attached hydrogens (tertiary/aromatic N) is 3. The van der Waals surface area contributed by atoms with Crippen molar-refractivity contribution in [2.75, 3.05) is 20.8 Å². The molecule has 1 aliphatic carbocycles. The second-order valence-corrected chi connectivity index (χ2v) is 9.94. The zero-order valence-electron chi connectivity index (χ0n) is 21.2. The molecule has 8 nitrogen and oxygen atoms in total. The van der Waals surface area contributed by atoms with Gasteiger partial charge in [-0.1, -0.05) is 25.3 Å². The Labute approximate surface area is 215 Å². The van der Waals surface area contributed by atoms with Crippen molar-refractivity contribution in [1.82, 2.24) is 14.5 Å². The van der Waals surface area contributed by atoms with Crippen molar-refractivity contribution in [2.24, 2.45) is 0 Å². The molecule has 2 heterocycles. The zero-order valence-corrected chi connectivity index (χ0v) is 21.2. The smallest absolute Gasteiger partial charge is 0.409 e. The number of fused-ring (bicyclic) bond motifs is 3. The van der Waals surface area contributed by atoms with E-state index in [1.54, 1.807) is 11.0 Å². The number of rotatable bonds is 6. The van der Waals surface area contributed by atoms with E-state index in [-0.39, 0.29) is 24.3 Å². The highest BCUT2D eigenvalue weighted by atomic mass is 19.1. The lowest BCUT2D eigenvalue weighted by Crippen LogP contribution is -2.35. The van der Waals surface area contributed by atoms with E-state index in [0.29, 0.717) is 25.1 Å². The first-order valence-corrected chi connectivity index (χ1v) is 12.8. The lowest BCUT2D eigenvalue weighted by atomic mass is 9.88. The van der Waals surface area contributed by atoms with Gasteiger partial charge in [0.05, 0.1) is 37.7 Å². The fourth-order valence-corrected chi connectivity index (χ4v) is 5.80. The average Bonchev–Trinajstić information content (AvgIpc) is 3.29. The third-order valence-electron chi connectivity index (χ3n) is 7.75. The number of hydrogen-bond acceptors (Lipinski definition) is 5. The molecule has 1 aromatic heterocycles. The lowest BCUT2D eigenvalue weighted by molar-refractivity contribution is -0.139. The fraction of sp³-hybridized carbons (Fsp3) is 0.464. The van der Waals surface area contributed by atoms with E-state index in [4.69, 9.17) is 14.5 Å². The van der Waals surface area contributed by atoms with Gasteiger partial charge in [0.1, 0.15) is 17.4 Å². The number of carbonyl (C=O) groups excluding carboxylic acids is 1. The predicted octanol–water partition coefficient (Wildman–Crippen LogP) is 5.22. The van der Waals surface area contributed by atoms with Crippen LogP contribution >= 0.6 is 0 Å². The monoisotopic (exact) mass is 509 g/mol. The highest BCUT2D eigenvalue weighted by Crippen LogP contribution is 2.37. The number of hydrogen-bond donors (Lipinski definition) is 1. The van der Waals surface area contributed by atoms with Gasteiger partial charge in [0.2, 0.25) is 0 Å². The van der Waals surface area contributed by atoms with E-state index in [9.17, 15) is 19.1 Å². The Morgan fingerprint density at radius 3 is 2.65 bits per heavy atom. The molecule has 1 fully saturated rings. The quantitative estimate of drug-likeness (QED) is 0.489. The summed E-state index contributed by atoms with van der Waals surface area (Å²) in [6, 6.07) is 8.14. The molecule has 0 unspecified atom stereocenters. The van der Waals surface area contributed by atoms with Crippen LogP contribution < -0.4 is 4.74 Å². The molecule has 37 heavy (non-hydrogen) atoms. The Kier molecular flexibility index (Phi) is 7.04. The molecule has 1 N–H and O–H groups in total. The van der Waals surface area contributed by atoms with Gasteiger partial charge in [-0.05, 0) is 48.6 Å². The van der Waals surface area contributed by atoms with Crippen LogP contribution in [0.3, 0.4) is 0 Å². The van der Waals surface area contributed by atoms with Crippen LogP contribution in [0.1, 0.15) is 66.5 Å². The van der Waals surface area contributed by atoms with Gasteiger partial charge in [0, 0.05) is 30.6 Å². The number of carboxylic acid groups (broad SMARTS) is 1. The number of methoxy groups -OCH3 is 2. The molecule has 3 aromatic rings. The maximum absolute atomic E-state index is 14.3. The number of amides is 1. The molecule has 0 bridgehead atoms. The number of halogens is 1. The molecule has 0 saturated heterocycles. The van der Waals surface area contributed by atoms with Crippen molar-refractivity contribution in [3.05, 3.63) is 58.7 Å². The minimum Gasteiger partial charge on any atom is -0.497 e. The molecule has 1 aliphatic heterocycles. The number of imidazole rings is 1. The first kappa shape index (κ1) is 25.0. The van der Waals surface area contributed by atoms with E-state index >= 15 is 0 Å². The minimum absolute atomic E-state index is 0.115. The summed E-state index contributed by atoms with van der Waals surface area (Å²) in [4.78, 5) is 31.5. The summed E-state index contributed by atoms with van der Waals surface area (Å²) >= 11 is 0. The van der Waals surface area contributed by atoms with Gasteiger partial charge < -0.3 is 24.0 Å². The molecule has 0 spiro atoms. The van der Waals surface area contributed by atoms with E-state index in [2.05, 4.69) is 6.07 Å². The third kappa shape index (κ3) is 4.86. The summed E-state index contributed by atoms with van der Waals surface area (Å²) in [7, 11) is 2.81. The van der Waals surface area contributed by atoms with Gasteiger partial charge in [-0.3, -0.25) is 4.79 Å². The summed E-state index contributed by atoms with van der Waals surface area (Å²) in [6.07, 6.45) is 5.70. The van der Waals surface area contributed by atoms with E-state index in [0.717, 1.165) is 53.7 Å². The van der Waals surface area contributed by atoms with Crippen LogP contribution in [0.4, 0.5) is 9.18 Å². The fourth-order valence-electron chi connectivity index (χ4n) is 5.80. The Balaban J connectivity index is 1.62. The van der Waals surface area contributed by atoms with Gasteiger partial charge >= 0.3 is 12.1 Å². The van der Waals surface area contributed by atoms with Crippen molar-refractivity contribution in [3.8, 4) is 5.75 Å². The lowest BCUT2D eigenvalue weighted by Gasteiger charge is -2.27. The molecule has 9 heteroatoms. The Hall–Kier alpha value is -3.62. The molecule has 2 aromatic carbocycles. The Morgan fingerprint density at radius 2 is 1.95 bits per heavy atom. The van der Waals surface area contributed by atoms with Gasteiger partial charge in [-0.15, -0.1) is 0 Å². The molecular formula is C28H32FN3O5. The number of aliphatic carboxylic acids is 1. The van der Waals surface area contributed by atoms with Crippen LogP contribution in [-0.4, -0.2) is 52.4 Å². The summed E-state index contributed by atoms with van der Waals surface area (Å²) in [6.45, 7) is 1.08. The highest BCUT2D eigenvalue weighted by Gasteiger charge is 2.30. The predicted molar refractivity (Wildman–Crippen MR) is 135 cm³/mol. The maximum atomic E-state index is 14.3. The third-order valence-corrected chi connectivity index (χ3v) is 7.75. The van der Waals surface area contributed by atoms with E-state index in [1.165, 1.54) is 32.8 Å². The van der Waals surface area contributed by atoms with Crippen LogP contribution in [0, 0.1) is 5.82 Å². The Bertz CT molecular complexity index is 1330. The normalized spacial score (nSPS) is 16.9. The van der Waals surface area contributed by atoms with Gasteiger partial charge in [0.25, 0.3) is 0 Å². The number of ether oxygens (including phenoxy) is 2. The van der Waals surface area contributed by atoms with E-state index in [1.807, 2.05) is 10.6 Å². The summed E-state index contributed by atoms with van der Waals surface area (Å²) in [5.74, 6) is -1.21. The molecule has 0 radical (unpaired) electrons. The van der Waals surface area contributed by atoms with Crippen LogP contribution in [0.25, 0.3) is 11.0 Å². The Morgan fingerprint density at radius 1 is 1.16 bits per heavy atom. The maximum Gasteiger partial charge on any atom is 0.409 e. The summed E-state index contributed by atoms with van der Waals surface area (Å²) in [5.41, 5.74) is 4.09. The average molecular weight is 510 g/mol. The zero-order chi connectivity index (χ0) is 26.1. The van der Waals surface area contributed by atoms with Crippen LogP contribution in [0.15, 0.2) is 30.3 Å². The molecule has 1 atom stereocenters. The molecule has 5 rings (SSSR count). The van der Waals surface area contributed by atoms with Crippen molar-refractivity contribution in [1.29, 1.82) is 0 Å². The van der Waals surface area contributed by atoms with Crippen LogP contribution in [-0.2, 0) is 29.0 Å². The highest BCUT2D eigenvalue weighted by molar-refractivity contribution is 5.83. The summed E-state index contributed by atoms with van der Waals surface area (Å²) in [5, 5.41) is 10.2. The van der Waals surface area contributed by atoms with Crippen molar-refractivity contribution in [2.45, 2.75) is 63.5 Å².